The fraction of sp³-hybridized carbons (Fsp3) is 0.632. The monoisotopic (exact) mass is 373 g/mol. The number of nitrogens with one attached hydrogen (secondary N) is 1. The Balaban J connectivity index is 1.21. The van der Waals surface area contributed by atoms with Crippen molar-refractivity contribution in [1.82, 2.24) is 20.1 Å². The highest BCUT2D eigenvalue weighted by Gasteiger charge is 2.46. The predicted molar refractivity (Wildman–Crippen MR) is 100 cm³/mol. The third-order valence-electron chi connectivity index (χ3n) is 5.47. The first-order chi connectivity index (χ1) is 13.2. The fourth-order valence-electron chi connectivity index (χ4n) is 3.93. The van der Waals surface area contributed by atoms with Crippen LogP contribution in [-0.2, 0) is 20.9 Å². The lowest BCUT2D eigenvalue weighted by Crippen LogP contribution is -2.43. The van der Waals surface area contributed by atoms with E-state index in [1.54, 1.807) is 0 Å². The molecule has 0 aromatic carbocycles. The van der Waals surface area contributed by atoms with Crippen LogP contribution in [0.3, 0.4) is 0 Å². The summed E-state index contributed by atoms with van der Waals surface area (Å²) < 4.78 is 5.34. The quantitative estimate of drug-likeness (QED) is 0.770. The molecule has 146 valence electrons. The number of carbonyl (C=O) groups excluding carboxylic acids is 1. The average Bonchev–Trinajstić information content (AvgIpc) is 3.30. The van der Waals surface area contributed by atoms with Crippen LogP contribution in [0.25, 0.3) is 0 Å². The summed E-state index contributed by atoms with van der Waals surface area (Å²) in [6, 6.07) is 4.06. The van der Waals surface area contributed by atoms with E-state index in [9.17, 15) is 4.79 Å². The van der Waals surface area contributed by atoms with E-state index in [2.05, 4.69) is 25.3 Å². The van der Waals surface area contributed by atoms with Gasteiger partial charge in [-0.05, 0) is 17.7 Å². The van der Waals surface area contributed by atoms with Gasteiger partial charge in [-0.25, -0.2) is 0 Å². The second kappa shape index (κ2) is 8.33. The largest absolute Gasteiger partial charge is 0.387 e. The Hall–Kier alpha value is -2.03. The Morgan fingerprint density at radius 3 is 2.81 bits per heavy atom. The van der Waals surface area contributed by atoms with Crippen molar-refractivity contribution in [3.05, 3.63) is 30.1 Å². The van der Waals surface area contributed by atoms with Gasteiger partial charge >= 0.3 is 0 Å². The number of rotatable bonds is 6. The van der Waals surface area contributed by atoms with E-state index in [4.69, 9.17) is 9.57 Å². The van der Waals surface area contributed by atoms with Crippen LogP contribution in [0, 0.1) is 0 Å². The molecule has 1 aromatic rings. The first kappa shape index (κ1) is 18.3. The molecule has 8 heteroatoms. The summed E-state index contributed by atoms with van der Waals surface area (Å²) in [5.74, 6) is -0.104. The molecule has 1 N–H and O–H groups in total. The average molecular weight is 373 g/mol. The van der Waals surface area contributed by atoms with Crippen molar-refractivity contribution in [2.45, 2.75) is 25.0 Å². The summed E-state index contributed by atoms with van der Waals surface area (Å²) in [7, 11) is 0. The van der Waals surface area contributed by atoms with E-state index in [0.29, 0.717) is 18.7 Å². The van der Waals surface area contributed by atoms with Crippen LogP contribution in [-0.4, -0.2) is 84.5 Å². The third-order valence-corrected chi connectivity index (χ3v) is 5.47. The molecule has 0 saturated carbocycles. The van der Waals surface area contributed by atoms with Crippen LogP contribution in [0.4, 0.5) is 0 Å². The lowest BCUT2D eigenvalue weighted by atomic mass is 9.96. The molecular weight excluding hydrogens is 346 g/mol. The van der Waals surface area contributed by atoms with Gasteiger partial charge in [0.15, 0.2) is 5.60 Å². The zero-order valence-electron chi connectivity index (χ0n) is 15.6. The van der Waals surface area contributed by atoms with Gasteiger partial charge in [-0.3, -0.25) is 19.6 Å². The zero-order valence-corrected chi connectivity index (χ0v) is 15.6. The first-order valence-corrected chi connectivity index (χ1v) is 9.67. The van der Waals surface area contributed by atoms with Crippen molar-refractivity contribution in [2.24, 2.45) is 5.16 Å². The number of hydrogen-bond acceptors (Lipinski definition) is 7. The maximum Gasteiger partial charge on any atom is 0.269 e. The van der Waals surface area contributed by atoms with E-state index in [1.807, 2.05) is 24.5 Å². The van der Waals surface area contributed by atoms with Crippen molar-refractivity contribution in [3.8, 4) is 0 Å². The maximum absolute atomic E-state index is 12.4. The Kier molecular flexibility index (Phi) is 5.66. The smallest absolute Gasteiger partial charge is 0.269 e. The first-order valence-electron chi connectivity index (χ1n) is 9.67. The number of oxime groups is 1. The minimum Gasteiger partial charge on any atom is -0.387 e. The highest BCUT2D eigenvalue weighted by atomic mass is 16.7. The van der Waals surface area contributed by atoms with Crippen molar-refractivity contribution < 1.29 is 14.4 Å². The van der Waals surface area contributed by atoms with Gasteiger partial charge in [0.05, 0.1) is 13.2 Å². The van der Waals surface area contributed by atoms with Crippen LogP contribution in [0.15, 0.2) is 29.7 Å². The number of ether oxygens (including phenoxy) is 1. The van der Waals surface area contributed by atoms with Crippen molar-refractivity contribution in [1.29, 1.82) is 0 Å². The standard InChI is InChI=1S/C19H27N5O3/c25-18(21-6-8-23-9-11-26-12-10-23)17-13-19(27-22-17)3-7-24(15-19)14-16-1-4-20-5-2-16/h1-2,4-5H,3,6-15H2,(H,21,25)/t19-/m1/s1. The number of nitrogens with zero attached hydrogens (tertiary/aromatic N) is 4. The molecule has 1 atom stereocenters. The minimum absolute atomic E-state index is 0.104. The van der Waals surface area contributed by atoms with Gasteiger partial charge in [0.2, 0.25) is 0 Å². The number of amides is 1. The lowest BCUT2D eigenvalue weighted by molar-refractivity contribution is -0.115. The summed E-state index contributed by atoms with van der Waals surface area (Å²) in [5.41, 5.74) is 1.41. The molecule has 4 rings (SSSR count). The molecule has 27 heavy (non-hydrogen) atoms. The number of carbonyl (C=O) groups is 1. The van der Waals surface area contributed by atoms with E-state index >= 15 is 0 Å². The highest BCUT2D eigenvalue weighted by molar-refractivity contribution is 6.39. The van der Waals surface area contributed by atoms with Crippen LogP contribution in [0.1, 0.15) is 18.4 Å². The lowest BCUT2D eigenvalue weighted by Gasteiger charge is -2.26. The molecular formula is C19H27N5O3. The van der Waals surface area contributed by atoms with Crippen molar-refractivity contribution >= 4 is 11.6 Å². The van der Waals surface area contributed by atoms with Crippen LogP contribution >= 0.6 is 0 Å². The Morgan fingerprint density at radius 1 is 1.19 bits per heavy atom. The summed E-state index contributed by atoms with van der Waals surface area (Å²) >= 11 is 0. The molecule has 2 saturated heterocycles. The van der Waals surface area contributed by atoms with E-state index in [-0.39, 0.29) is 11.5 Å². The molecule has 1 amide bonds. The molecule has 0 aliphatic carbocycles. The number of likely N-dealkylation sites (tertiary alicyclic amines) is 1. The number of hydrogen-bond donors (Lipinski definition) is 1. The fourth-order valence-corrected chi connectivity index (χ4v) is 3.93. The van der Waals surface area contributed by atoms with E-state index in [1.165, 1.54) is 5.56 Å². The molecule has 3 aliphatic heterocycles. The normalized spacial score (nSPS) is 26.1. The van der Waals surface area contributed by atoms with Gasteiger partial charge < -0.3 is 14.9 Å². The summed E-state index contributed by atoms with van der Waals surface area (Å²) in [6.07, 6.45) is 5.11. The number of aromatic nitrogens is 1. The predicted octanol–water partition coefficient (Wildman–Crippen LogP) is 0.251. The van der Waals surface area contributed by atoms with Crippen LogP contribution in [0.5, 0.6) is 0 Å². The van der Waals surface area contributed by atoms with E-state index in [0.717, 1.165) is 58.9 Å². The molecule has 8 nitrogen and oxygen atoms in total. The molecule has 3 aliphatic rings. The van der Waals surface area contributed by atoms with Gasteiger partial charge in [0, 0.05) is 71.0 Å². The summed E-state index contributed by atoms with van der Waals surface area (Å²) in [6.45, 7) is 7.47. The second-order valence-corrected chi connectivity index (χ2v) is 7.52. The molecule has 1 spiro atoms. The second-order valence-electron chi connectivity index (χ2n) is 7.52. The topological polar surface area (TPSA) is 79.3 Å². The van der Waals surface area contributed by atoms with Gasteiger partial charge in [-0.1, -0.05) is 5.16 Å². The van der Waals surface area contributed by atoms with E-state index < -0.39 is 0 Å². The Morgan fingerprint density at radius 2 is 2.00 bits per heavy atom. The summed E-state index contributed by atoms with van der Waals surface area (Å²) in [4.78, 5) is 26.9. The van der Waals surface area contributed by atoms with Gasteiger partial charge in [0.1, 0.15) is 5.71 Å². The van der Waals surface area contributed by atoms with Crippen molar-refractivity contribution in [2.75, 3.05) is 52.5 Å². The molecule has 0 radical (unpaired) electrons. The van der Waals surface area contributed by atoms with Crippen molar-refractivity contribution in [3.63, 3.8) is 0 Å². The highest BCUT2D eigenvalue weighted by Crippen LogP contribution is 2.34. The molecule has 4 heterocycles. The minimum atomic E-state index is -0.343. The molecule has 0 bridgehead atoms. The third kappa shape index (κ3) is 4.63. The van der Waals surface area contributed by atoms with Gasteiger partial charge in [0.25, 0.3) is 5.91 Å². The van der Waals surface area contributed by atoms with Crippen LogP contribution < -0.4 is 5.32 Å². The molecule has 2 fully saturated rings. The Bertz CT molecular complexity index is 677. The Labute approximate surface area is 159 Å². The zero-order chi connectivity index (χ0) is 18.5. The molecule has 0 unspecified atom stereocenters. The number of pyridine rings is 1. The number of morpholine rings is 1. The van der Waals surface area contributed by atoms with Gasteiger partial charge in [-0.2, -0.15) is 0 Å². The molecule has 1 aromatic heterocycles. The maximum atomic E-state index is 12.4. The summed E-state index contributed by atoms with van der Waals surface area (Å²) in [5, 5.41) is 7.09. The van der Waals surface area contributed by atoms with Gasteiger partial charge in [-0.15, -0.1) is 0 Å². The SMILES string of the molecule is O=C(NCCN1CCOCC1)C1=NO[C@]2(CCN(Cc3ccncc3)C2)C1. The van der Waals surface area contributed by atoms with Crippen LogP contribution in [0.2, 0.25) is 0 Å².